The minimum Gasteiger partial charge on any atom is -0.494 e. The summed E-state index contributed by atoms with van der Waals surface area (Å²) < 4.78 is 16.1. The van der Waals surface area contributed by atoms with Crippen LogP contribution in [-0.2, 0) is 15.9 Å². The Hall–Kier alpha value is -2.60. The van der Waals surface area contributed by atoms with E-state index in [0.717, 1.165) is 23.4 Å². The Morgan fingerprint density at radius 3 is 2.55 bits per heavy atom. The Bertz CT molecular complexity index is 853. The summed E-state index contributed by atoms with van der Waals surface area (Å²) in [7, 11) is 0. The van der Waals surface area contributed by atoms with Gasteiger partial charge in [0.1, 0.15) is 18.1 Å². The molecule has 1 aliphatic rings. The van der Waals surface area contributed by atoms with E-state index in [1.54, 1.807) is 6.92 Å². The van der Waals surface area contributed by atoms with Crippen molar-refractivity contribution in [2.24, 2.45) is 0 Å². The van der Waals surface area contributed by atoms with Gasteiger partial charge >= 0.3 is 5.97 Å². The van der Waals surface area contributed by atoms with Gasteiger partial charge in [-0.15, -0.1) is 0 Å². The third-order valence-corrected chi connectivity index (χ3v) is 5.16. The number of ketones is 1. The van der Waals surface area contributed by atoms with E-state index in [-0.39, 0.29) is 18.3 Å². The number of aromatic nitrogens is 1. The molecule has 1 N–H and O–H groups in total. The fraction of sp³-hybridized carbons (Fsp3) is 0.478. The highest BCUT2D eigenvalue weighted by Crippen LogP contribution is 2.35. The standard InChI is InChI=1S/C23H29NO5/c1-4-10-27-11-12-29-23(26)22-15(3)21-19(24-22)13-17(14-20(21)25)16-6-8-18(9-7-16)28-5-2/h6-9,17,24H,4-5,10-14H2,1-3H3. The molecule has 0 aliphatic heterocycles. The molecule has 0 saturated heterocycles. The largest absolute Gasteiger partial charge is 0.494 e. The van der Waals surface area contributed by atoms with Gasteiger partial charge in [-0.2, -0.15) is 0 Å². The van der Waals surface area contributed by atoms with Gasteiger partial charge in [0.2, 0.25) is 0 Å². The van der Waals surface area contributed by atoms with E-state index < -0.39 is 5.97 Å². The van der Waals surface area contributed by atoms with E-state index in [9.17, 15) is 9.59 Å². The SMILES string of the molecule is CCCOCCOC(=O)c1[nH]c2c(c1C)C(=O)CC(c1ccc(OCC)cc1)C2. The van der Waals surface area contributed by atoms with Crippen LogP contribution in [0.15, 0.2) is 24.3 Å². The van der Waals surface area contributed by atoms with Crippen molar-refractivity contribution in [2.75, 3.05) is 26.4 Å². The van der Waals surface area contributed by atoms with Gasteiger partial charge in [-0.25, -0.2) is 4.79 Å². The molecular weight excluding hydrogens is 370 g/mol. The molecule has 156 valence electrons. The first-order chi connectivity index (χ1) is 14.0. The zero-order valence-corrected chi connectivity index (χ0v) is 17.4. The van der Waals surface area contributed by atoms with Crippen LogP contribution < -0.4 is 4.74 Å². The number of fused-ring (bicyclic) bond motifs is 1. The number of ether oxygens (including phenoxy) is 3. The number of aromatic amines is 1. The normalized spacial score (nSPS) is 15.8. The lowest BCUT2D eigenvalue weighted by molar-refractivity contribution is 0.0312. The summed E-state index contributed by atoms with van der Waals surface area (Å²) in [6.07, 6.45) is 2.04. The molecule has 0 fully saturated rings. The number of nitrogens with one attached hydrogen (secondary N) is 1. The molecule has 1 unspecified atom stereocenters. The molecule has 29 heavy (non-hydrogen) atoms. The molecule has 1 aromatic carbocycles. The summed E-state index contributed by atoms with van der Waals surface area (Å²) >= 11 is 0. The molecule has 1 aliphatic carbocycles. The van der Waals surface area contributed by atoms with Gasteiger partial charge in [0.15, 0.2) is 5.78 Å². The molecule has 1 aromatic heterocycles. The van der Waals surface area contributed by atoms with E-state index in [2.05, 4.69) is 4.98 Å². The second kappa shape index (κ2) is 9.74. The van der Waals surface area contributed by atoms with Crippen molar-refractivity contribution in [1.29, 1.82) is 0 Å². The predicted octanol–water partition coefficient (Wildman–Crippen LogP) is 4.22. The van der Waals surface area contributed by atoms with Crippen LogP contribution in [-0.4, -0.2) is 43.2 Å². The van der Waals surface area contributed by atoms with Crippen molar-refractivity contribution in [1.82, 2.24) is 4.98 Å². The molecule has 0 spiro atoms. The third kappa shape index (κ3) is 4.88. The molecule has 6 nitrogen and oxygen atoms in total. The van der Waals surface area contributed by atoms with Crippen LogP contribution in [0.1, 0.15) is 70.3 Å². The number of rotatable bonds is 9. The number of carbonyl (C=O) groups excluding carboxylic acids is 2. The van der Waals surface area contributed by atoms with E-state index in [4.69, 9.17) is 14.2 Å². The Kier molecular flexibility index (Phi) is 7.09. The summed E-state index contributed by atoms with van der Waals surface area (Å²) in [5.74, 6) is 0.518. The molecule has 0 amide bonds. The molecule has 0 saturated carbocycles. The molecule has 3 rings (SSSR count). The average molecular weight is 399 g/mol. The molecule has 1 heterocycles. The molecule has 2 aromatic rings. The Morgan fingerprint density at radius 2 is 1.86 bits per heavy atom. The van der Waals surface area contributed by atoms with Gasteiger partial charge in [-0.3, -0.25) is 4.79 Å². The number of hydrogen-bond donors (Lipinski definition) is 1. The van der Waals surface area contributed by atoms with E-state index >= 15 is 0 Å². The minimum atomic E-state index is -0.442. The van der Waals surface area contributed by atoms with Crippen molar-refractivity contribution in [3.63, 3.8) is 0 Å². The maximum absolute atomic E-state index is 12.8. The van der Waals surface area contributed by atoms with Crippen LogP contribution in [0.3, 0.4) is 0 Å². The van der Waals surface area contributed by atoms with Crippen LogP contribution in [0, 0.1) is 6.92 Å². The first-order valence-electron chi connectivity index (χ1n) is 10.3. The highest BCUT2D eigenvalue weighted by Gasteiger charge is 2.32. The number of esters is 1. The maximum atomic E-state index is 12.8. The van der Waals surface area contributed by atoms with Crippen molar-refractivity contribution in [3.8, 4) is 5.75 Å². The molecule has 6 heteroatoms. The third-order valence-electron chi connectivity index (χ3n) is 5.16. The Morgan fingerprint density at radius 1 is 1.10 bits per heavy atom. The monoisotopic (exact) mass is 399 g/mol. The number of H-pyrrole nitrogens is 1. The number of hydrogen-bond acceptors (Lipinski definition) is 5. The fourth-order valence-electron chi connectivity index (χ4n) is 3.79. The van der Waals surface area contributed by atoms with Gasteiger partial charge < -0.3 is 19.2 Å². The predicted molar refractivity (Wildman–Crippen MR) is 110 cm³/mol. The lowest BCUT2D eigenvalue weighted by Gasteiger charge is -2.22. The summed E-state index contributed by atoms with van der Waals surface area (Å²) in [5, 5.41) is 0. The van der Waals surface area contributed by atoms with Crippen molar-refractivity contribution in [3.05, 3.63) is 52.3 Å². The minimum absolute atomic E-state index is 0.0595. The van der Waals surface area contributed by atoms with Gasteiger partial charge in [0, 0.05) is 24.3 Å². The second-order valence-corrected chi connectivity index (χ2v) is 7.26. The quantitative estimate of drug-likeness (QED) is 0.505. The summed E-state index contributed by atoms with van der Waals surface area (Å²) in [6, 6.07) is 7.88. The maximum Gasteiger partial charge on any atom is 0.355 e. The van der Waals surface area contributed by atoms with Gasteiger partial charge in [-0.05, 0) is 55.9 Å². The Balaban J connectivity index is 1.70. The first-order valence-corrected chi connectivity index (χ1v) is 10.3. The molecule has 1 atom stereocenters. The van der Waals surface area contributed by atoms with Crippen LogP contribution in [0.2, 0.25) is 0 Å². The fourth-order valence-corrected chi connectivity index (χ4v) is 3.79. The number of carbonyl (C=O) groups is 2. The highest BCUT2D eigenvalue weighted by molar-refractivity contribution is 6.03. The summed E-state index contributed by atoms with van der Waals surface area (Å²) in [5.41, 5.74) is 3.59. The molecule has 0 radical (unpaired) electrons. The first kappa shape index (κ1) is 21.1. The van der Waals surface area contributed by atoms with E-state index in [1.165, 1.54) is 0 Å². The van der Waals surface area contributed by atoms with Crippen LogP contribution in [0.5, 0.6) is 5.75 Å². The topological polar surface area (TPSA) is 77.6 Å². The second-order valence-electron chi connectivity index (χ2n) is 7.26. The molecular formula is C23H29NO5. The summed E-state index contributed by atoms with van der Waals surface area (Å²) in [6.45, 7) is 7.61. The van der Waals surface area contributed by atoms with Gasteiger partial charge in [-0.1, -0.05) is 19.1 Å². The highest BCUT2D eigenvalue weighted by atomic mass is 16.6. The average Bonchev–Trinajstić information content (AvgIpc) is 3.05. The molecule has 0 bridgehead atoms. The smallest absolute Gasteiger partial charge is 0.355 e. The lowest BCUT2D eigenvalue weighted by Crippen LogP contribution is -2.18. The van der Waals surface area contributed by atoms with Gasteiger partial charge in [0.05, 0.1) is 13.2 Å². The van der Waals surface area contributed by atoms with E-state index in [0.29, 0.717) is 49.5 Å². The zero-order valence-electron chi connectivity index (χ0n) is 17.4. The summed E-state index contributed by atoms with van der Waals surface area (Å²) in [4.78, 5) is 28.4. The van der Waals surface area contributed by atoms with E-state index in [1.807, 2.05) is 38.1 Å². The number of Topliss-reactive ketones (excluding diaryl/α,β-unsaturated/α-hetero) is 1. The van der Waals surface area contributed by atoms with Crippen molar-refractivity contribution < 1.29 is 23.8 Å². The van der Waals surface area contributed by atoms with Gasteiger partial charge in [0.25, 0.3) is 0 Å². The van der Waals surface area contributed by atoms with Crippen LogP contribution in [0.25, 0.3) is 0 Å². The lowest BCUT2D eigenvalue weighted by atomic mass is 9.81. The van der Waals surface area contributed by atoms with Crippen molar-refractivity contribution >= 4 is 11.8 Å². The van der Waals surface area contributed by atoms with Crippen LogP contribution in [0.4, 0.5) is 0 Å². The van der Waals surface area contributed by atoms with Crippen molar-refractivity contribution in [2.45, 2.75) is 46.0 Å². The number of benzene rings is 1. The van der Waals surface area contributed by atoms with Crippen LogP contribution >= 0.6 is 0 Å². The Labute approximate surface area is 171 Å². The zero-order chi connectivity index (χ0) is 20.8.